The van der Waals surface area contributed by atoms with E-state index in [2.05, 4.69) is 15.1 Å². The molecule has 1 aromatic heterocycles. The van der Waals surface area contributed by atoms with Crippen molar-refractivity contribution in [1.82, 2.24) is 20.2 Å². The molecule has 5 aliphatic rings. The zero-order chi connectivity index (χ0) is 28.6. The van der Waals surface area contributed by atoms with E-state index in [1.807, 2.05) is 12.1 Å². The van der Waals surface area contributed by atoms with Crippen LogP contribution >= 0.6 is 11.6 Å². The average Bonchev–Trinajstić information content (AvgIpc) is 3.61. The summed E-state index contributed by atoms with van der Waals surface area (Å²) < 4.78 is 20.7. The van der Waals surface area contributed by atoms with Crippen LogP contribution in [0.5, 0.6) is 11.8 Å². The van der Waals surface area contributed by atoms with Crippen molar-refractivity contribution < 1.29 is 19.0 Å². The minimum absolute atomic E-state index is 0.0603. The number of nitrogens with zero attached hydrogens (tertiary/aromatic N) is 5. The van der Waals surface area contributed by atoms with Crippen LogP contribution in [-0.2, 0) is 6.42 Å². The van der Waals surface area contributed by atoms with Crippen molar-refractivity contribution >= 4 is 39.8 Å². The summed E-state index contributed by atoms with van der Waals surface area (Å²) in [7, 11) is 0. The van der Waals surface area contributed by atoms with Crippen LogP contribution in [0.4, 0.5) is 15.9 Å². The summed E-state index contributed by atoms with van der Waals surface area (Å²) in [6.07, 6.45) is 4.29. The summed E-state index contributed by atoms with van der Waals surface area (Å²) in [6.45, 7) is 3.63. The molecule has 3 aromatic rings. The average molecular weight is 593 g/mol. The number of fused-ring (bicyclic) bond motifs is 5. The lowest BCUT2D eigenvalue weighted by atomic mass is 9.95. The molecule has 4 saturated heterocycles. The zero-order valence-electron chi connectivity index (χ0n) is 23.4. The van der Waals surface area contributed by atoms with Gasteiger partial charge >= 0.3 is 6.01 Å². The molecule has 2 N–H and O–H groups in total. The Morgan fingerprint density at radius 1 is 1.14 bits per heavy atom. The fourth-order valence-electron chi connectivity index (χ4n) is 8.04. The minimum atomic E-state index is -0.857. The Morgan fingerprint density at radius 3 is 2.81 bits per heavy atom. The van der Waals surface area contributed by atoms with Crippen molar-refractivity contribution in [2.75, 3.05) is 49.1 Å². The van der Waals surface area contributed by atoms with Gasteiger partial charge in [0.15, 0.2) is 0 Å². The molecule has 0 aliphatic carbocycles. The molecule has 2 bridgehead atoms. The summed E-state index contributed by atoms with van der Waals surface area (Å²) in [6, 6.07) is 9.66. The van der Waals surface area contributed by atoms with Crippen LogP contribution in [-0.4, -0.2) is 89.0 Å². The fraction of sp³-hybridized carbons (Fsp3) is 0.516. The normalized spacial score (nSPS) is 28.9. The number of rotatable bonds is 5. The molecule has 4 atom stereocenters. The van der Waals surface area contributed by atoms with Gasteiger partial charge in [0.1, 0.15) is 30.0 Å². The molecular formula is C31H34ClFN6O3. The van der Waals surface area contributed by atoms with Crippen LogP contribution < -0.4 is 19.9 Å². The third kappa shape index (κ3) is 4.29. The van der Waals surface area contributed by atoms with E-state index < -0.39 is 6.17 Å². The van der Waals surface area contributed by atoms with Crippen molar-refractivity contribution in [2.45, 2.75) is 62.3 Å². The Morgan fingerprint density at radius 2 is 1.98 bits per heavy atom. The van der Waals surface area contributed by atoms with E-state index in [0.717, 1.165) is 62.1 Å². The predicted octanol–water partition coefficient (Wildman–Crippen LogP) is 4.09. The Kier molecular flexibility index (Phi) is 6.24. The summed E-state index contributed by atoms with van der Waals surface area (Å²) >= 11 is 6.62. The summed E-state index contributed by atoms with van der Waals surface area (Å²) in [5.41, 5.74) is 1.34. The van der Waals surface area contributed by atoms with Gasteiger partial charge in [0.25, 0.3) is 5.91 Å². The first-order chi connectivity index (χ1) is 20.4. The zero-order valence-corrected chi connectivity index (χ0v) is 24.1. The van der Waals surface area contributed by atoms with Gasteiger partial charge in [0.05, 0.1) is 16.2 Å². The summed E-state index contributed by atoms with van der Waals surface area (Å²) in [5, 5.41) is 16.2. The quantitative estimate of drug-likeness (QED) is 0.458. The molecule has 8 rings (SSSR count). The van der Waals surface area contributed by atoms with Crippen LogP contribution in [0.1, 0.15) is 48.2 Å². The van der Waals surface area contributed by atoms with Crippen LogP contribution in [0.15, 0.2) is 30.3 Å². The van der Waals surface area contributed by atoms with Crippen molar-refractivity contribution in [3.8, 4) is 11.8 Å². The van der Waals surface area contributed by atoms with Crippen molar-refractivity contribution in [2.24, 2.45) is 0 Å². The van der Waals surface area contributed by atoms with Crippen LogP contribution in [0, 0.1) is 0 Å². The molecule has 2 unspecified atom stereocenters. The Labute approximate surface area is 248 Å². The van der Waals surface area contributed by atoms with E-state index in [1.165, 1.54) is 0 Å². The fourth-order valence-corrected chi connectivity index (χ4v) is 8.32. The van der Waals surface area contributed by atoms with Gasteiger partial charge < -0.3 is 25.0 Å². The number of benzene rings is 2. The largest absolute Gasteiger partial charge is 0.508 e. The van der Waals surface area contributed by atoms with E-state index in [9.17, 15) is 14.3 Å². The second-order valence-electron chi connectivity index (χ2n) is 12.6. The molecular weight excluding hydrogens is 559 g/mol. The van der Waals surface area contributed by atoms with E-state index in [-0.39, 0.29) is 23.2 Å². The van der Waals surface area contributed by atoms with Crippen molar-refractivity contribution in [3.63, 3.8) is 0 Å². The first-order valence-electron chi connectivity index (χ1n) is 15.0. The summed E-state index contributed by atoms with van der Waals surface area (Å²) in [4.78, 5) is 30.0. The molecule has 11 heteroatoms. The number of carbonyl (C=O) groups excluding carboxylic acids is 1. The number of phenols is 1. The number of hydrogen-bond donors (Lipinski definition) is 2. The second kappa shape index (κ2) is 9.92. The molecule has 0 saturated carbocycles. The number of phenolic OH excluding ortho intramolecular Hbond substituents is 1. The third-order valence-corrected chi connectivity index (χ3v) is 10.2. The third-order valence-electron chi connectivity index (χ3n) is 9.93. The molecule has 4 fully saturated rings. The molecule has 1 amide bonds. The first-order valence-corrected chi connectivity index (χ1v) is 15.4. The van der Waals surface area contributed by atoms with Crippen molar-refractivity contribution in [1.29, 1.82) is 0 Å². The maximum Gasteiger partial charge on any atom is 0.319 e. The summed E-state index contributed by atoms with van der Waals surface area (Å²) in [5.74, 6) is 0.543. The number of anilines is 2. The SMILES string of the molecule is O=C1c2nc(OC[C@@]34CCCN3C[C@H](F)C4)nc(N3CC4CCC(C3)N4)c2CCN1c1cc(O)cc2cccc(Cl)c12. The van der Waals surface area contributed by atoms with E-state index in [0.29, 0.717) is 66.4 Å². The Balaban J connectivity index is 1.18. The molecule has 42 heavy (non-hydrogen) atoms. The number of halogens is 2. The molecule has 0 radical (unpaired) electrons. The molecule has 220 valence electrons. The number of aromatic nitrogens is 2. The van der Waals surface area contributed by atoms with E-state index in [4.69, 9.17) is 26.3 Å². The first kappa shape index (κ1) is 26.4. The van der Waals surface area contributed by atoms with Crippen molar-refractivity contribution in [3.05, 3.63) is 46.6 Å². The molecule has 6 heterocycles. The lowest BCUT2D eigenvalue weighted by molar-refractivity contribution is 0.0963. The van der Waals surface area contributed by atoms with Gasteiger partial charge in [-0.1, -0.05) is 23.7 Å². The maximum atomic E-state index is 14.4. The maximum absolute atomic E-state index is 14.4. The highest BCUT2D eigenvalue weighted by Gasteiger charge is 2.49. The molecule has 2 aromatic carbocycles. The Bertz CT molecular complexity index is 1580. The smallest absolute Gasteiger partial charge is 0.319 e. The van der Waals surface area contributed by atoms with Gasteiger partial charge in [-0.15, -0.1) is 0 Å². The van der Waals surface area contributed by atoms with Gasteiger partial charge in [-0.2, -0.15) is 9.97 Å². The molecule has 5 aliphatic heterocycles. The highest BCUT2D eigenvalue weighted by atomic mass is 35.5. The lowest BCUT2D eigenvalue weighted by Gasteiger charge is -2.37. The van der Waals surface area contributed by atoms with Gasteiger partial charge in [0.2, 0.25) is 0 Å². The topological polar surface area (TPSA) is 94.1 Å². The number of aromatic hydroxyl groups is 1. The van der Waals surface area contributed by atoms with E-state index in [1.54, 1.807) is 23.1 Å². The number of nitrogens with one attached hydrogen (secondary N) is 1. The van der Waals surface area contributed by atoms with Crippen LogP contribution in [0.3, 0.4) is 0 Å². The van der Waals surface area contributed by atoms with Crippen LogP contribution in [0.25, 0.3) is 10.8 Å². The van der Waals surface area contributed by atoms with Gasteiger partial charge in [-0.05, 0) is 56.2 Å². The highest BCUT2D eigenvalue weighted by molar-refractivity contribution is 6.37. The Hall–Kier alpha value is -3.21. The van der Waals surface area contributed by atoms with Gasteiger partial charge in [0, 0.05) is 61.7 Å². The number of amides is 1. The van der Waals surface area contributed by atoms with Gasteiger partial charge in [-0.3, -0.25) is 9.69 Å². The predicted molar refractivity (Wildman–Crippen MR) is 159 cm³/mol. The standard InChI is InChI=1S/C31H34ClFN6O3/c32-24-4-1-3-18-11-22(40)12-25(26(18)24)39-10-7-23-27(29(39)41)35-30(36-28(23)37-15-20-5-6-21(16-37)34-20)42-17-31-8-2-9-38(31)14-19(33)13-31/h1,3-4,11-12,19-21,34,40H,2,5-10,13-17H2/t19-,20?,21?,31+/m1/s1. The number of alkyl halides is 1. The number of carbonyl (C=O) groups is 1. The molecule has 9 nitrogen and oxygen atoms in total. The number of piperazine rings is 1. The lowest BCUT2D eigenvalue weighted by Crippen LogP contribution is -2.52. The number of hydrogen-bond acceptors (Lipinski definition) is 8. The van der Waals surface area contributed by atoms with Crippen LogP contribution in [0.2, 0.25) is 5.02 Å². The molecule has 0 spiro atoms. The second-order valence-corrected chi connectivity index (χ2v) is 13.0. The van der Waals surface area contributed by atoms with Gasteiger partial charge in [-0.25, -0.2) is 4.39 Å². The monoisotopic (exact) mass is 592 g/mol. The number of ether oxygens (including phenoxy) is 1. The highest BCUT2D eigenvalue weighted by Crippen LogP contribution is 2.42. The van der Waals surface area contributed by atoms with E-state index >= 15 is 0 Å². The minimum Gasteiger partial charge on any atom is -0.508 e.